The molecule has 2 aliphatic rings. The molecule has 0 N–H and O–H groups in total. The van der Waals surface area contributed by atoms with E-state index >= 15 is 0 Å². The molecule has 3 aromatic carbocycles. The Kier molecular flexibility index (Phi) is 8.11. The molecule has 0 spiro atoms. The zero-order valence-electron chi connectivity index (χ0n) is 21.7. The molecule has 7 heteroatoms. The van der Waals surface area contributed by atoms with Gasteiger partial charge < -0.3 is 19.3 Å². The SMILES string of the molecule is COc1ccc(N2CCN(C(=O)Cc3c(F)cccc3F)[C@@H](Cc3ccccc3)C2)cc1OC1CCCC1. The first-order valence-electron chi connectivity index (χ1n) is 13.4. The Morgan fingerprint density at radius 3 is 2.37 bits per heavy atom. The minimum Gasteiger partial charge on any atom is -0.493 e. The third-order valence-electron chi connectivity index (χ3n) is 7.62. The van der Waals surface area contributed by atoms with Crippen molar-refractivity contribution in [3.63, 3.8) is 0 Å². The molecular weight excluding hydrogens is 486 g/mol. The number of nitrogens with zero attached hydrogens (tertiary/aromatic N) is 2. The highest BCUT2D eigenvalue weighted by molar-refractivity contribution is 5.79. The van der Waals surface area contributed by atoms with E-state index in [1.807, 2.05) is 48.5 Å². The Morgan fingerprint density at radius 1 is 0.921 bits per heavy atom. The van der Waals surface area contributed by atoms with Crippen molar-refractivity contribution < 1.29 is 23.0 Å². The Balaban J connectivity index is 1.37. The van der Waals surface area contributed by atoms with Crippen molar-refractivity contribution in [3.05, 3.63) is 89.5 Å². The summed E-state index contributed by atoms with van der Waals surface area (Å²) in [5.74, 6) is -0.198. The van der Waals surface area contributed by atoms with E-state index in [1.165, 1.54) is 31.0 Å². The van der Waals surface area contributed by atoms with E-state index in [-0.39, 0.29) is 30.0 Å². The number of hydrogen-bond donors (Lipinski definition) is 0. The van der Waals surface area contributed by atoms with Gasteiger partial charge in [0.1, 0.15) is 11.6 Å². The second kappa shape index (κ2) is 11.8. The number of anilines is 1. The van der Waals surface area contributed by atoms with Gasteiger partial charge >= 0.3 is 0 Å². The van der Waals surface area contributed by atoms with Crippen LogP contribution in [0.15, 0.2) is 66.7 Å². The molecule has 5 nitrogen and oxygen atoms in total. The maximum absolute atomic E-state index is 14.3. The highest BCUT2D eigenvalue weighted by atomic mass is 19.1. The summed E-state index contributed by atoms with van der Waals surface area (Å²) in [6, 6.07) is 19.5. The second-order valence-electron chi connectivity index (χ2n) is 10.1. The van der Waals surface area contributed by atoms with Gasteiger partial charge in [0, 0.05) is 37.0 Å². The molecule has 0 bridgehead atoms. The van der Waals surface area contributed by atoms with Gasteiger partial charge in [-0.15, -0.1) is 0 Å². The number of hydrogen-bond acceptors (Lipinski definition) is 4. The third-order valence-corrected chi connectivity index (χ3v) is 7.62. The number of halogens is 2. The summed E-state index contributed by atoms with van der Waals surface area (Å²) < 4.78 is 40.5. The minimum atomic E-state index is -0.690. The quantitative estimate of drug-likeness (QED) is 0.377. The van der Waals surface area contributed by atoms with Gasteiger partial charge in [-0.25, -0.2) is 8.78 Å². The van der Waals surface area contributed by atoms with Crippen LogP contribution in [0.5, 0.6) is 11.5 Å². The van der Waals surface area contributed by atoms with Crippen molar-refractivity contribution in [3.8, 4) is 11.5 Å². The smallest absolute Gasteiger partial charge is 0.227 e. The van der Waals surface area contributed by atoms with Gasteiger partial charge in [-0.05, 0) is 61.9 Å². The van der Waals surface area contributed by atoms with Gasteiger partial charge in [-0.3, -0.25) is 4.79 Å². The normalized spacial score (nSPS) is 18.0. The summed E-state index contributed by atoms with van der Waals surface area (Å²) >= 11 is 0. The van der Waals surface area contributed by atoms with Gasteiger partial charge in [0.25, 0.3) is 0 Å². The van der Waals surface area contributed by atoms with Crippen LogP contribution in [-0.2, 0) is 17.6 Å². The van der Waals surface area contributed by atoms with E-state index < -0.39 is 11.6 Å². The first-order chi connectivity index (χ1) is 18.5. The molecule has 0 unspecified atom stereocenters. The minimum absolute atomic E-state index is 0.158. The van der Waals surface area contributed by atoms with Crippen molar-refractivity contribution in [2.75, 3.05) is 31.6 Å². The molecule has 200 valence electrons. The summed E-state index contributed by atoms with van der Waals surface area (Å²) in [5, 5.41) is 0. The maximum atomic E-state index is 14.3. The fourth-order valence-electron chi connectivity index (χ4n) is 5.57. The van der Waals surface area contributed by atoms with Crippen LogP contribution in [0, 0.1) is 11.6 Å². The lowest BCUT2D eigenvalue weighted by atomic mass is 10.00. The van der Waals surface area contributed by atoms with Gasteiger partial charge in [-0.2, -0.15) is 0 Å². The maximum Gasteiger partial charge on any atom is 0.227 e. The van der Waals surface area contributed by atoms with Crippen molar-refractivity contribution in [2.24, 2.45) is 0 Å². The van der Waals surface area contributed by atoms with E-state index in [1.54, 1.807) is 12.0 Å². The topological polar surface area (TPSA) is 42.0 Å². The zero-order chi connectivity index (χ0) is 26.5. The fourth-order valence-corrected chi connectivity index (χ4v) is 5.57. The zero-order valence-corrected chi connectivity index (χ0v) is 21.7. The van der Waals surface area contributed by atoms with Gasteiger partial charge in [0.2, 0.25) is 5.91 Å². The molecule has 1 aliphatic carbocycles. The summed E-state index contributed by atoms with van der Waals surface area (Å²) in [6.45, 7) is 1.65. The average Bonchev–Trinajstić information content (AvgIpc) is 3.44. The fraction of sp³-hybridized carbons (Fsp3) is 0.387. The van der Waals surface area contributed by atoms with Crippen LogP contribution in [0.1, 0.15) is 36.8 Å². The van der Waals surface area contributed by atoms with Crippen LogP contribution in [-0.4, -0.2) is 49.7 Å². The lowest BCUT2D eigenvalue weighted by Gasteiger charge is -2.43. The molecule has 5 rings (SSSR count). The highest BCUT2D eigenvalue weighted by Crippen LogP contribution is 2.36. The lowest BCUT2D eigenvalue weighted by molar-refractivity contribution is -0.133. The van der Waals surface area contributed by atoms with Gasteiger partial charge in [-0.1, -0.05) is 36.4 Å². The number of carbonyl (C=O) groups excluding carboxylic acids is 1. The molecule has 2 fully saturated rings. The largest absolute Gasteiger partial charge is 0.493 e. The van der Waals surface area contributed by atoms with Crippen molar-refractivity contribution in [1.82, 2.24) is 4.90 Å². The monoisotopic (exact) mass is 520 g/mol. The lowest BCUT2D eigenvalue weighted by Crippen LogP contribution is -2.56. The number of methoxy groups -OCH3 is 1. The van der Waals surface area contributed by atoms with Crippen LogP contribution in [0.2, 0.25) is 0 Å². The van der Waals surface area contributed by atoms with Crippen LogP contribution >= 0.6 is 0 Å². The summed E-state index contributed by atoms with van der Waals surface area (Å²) in [6.07, 6.45) is 5.02. The molecule has 38 heavy (non-hydrogen) atoms. The first-order valence-corrected chi connectivity index (χ1v) is 13.4. The predicted octanol–water partition coefficient (Wildman–Crippen LogP) is 5.80. The standard InChI is InChI=1S/C31H34F2N2O3/c1-37-29-15-14-23(19-30(29)38-25-10-5-6-11-25)34-16-17-35(24(21-34)18-22-8-3-2-4-9-22)31(36)20-26-27(32)12-7-13-28(26)33/h2-4,7-9,12-15,19,24-25H,5-6,10-11,16-18,20-21H2,1H3/t24-/m0/s1. The van der Waals surface area contributed by atoms with Gasteiger partial charge in [0.05, 0.1) is 25.7 Å². The molecule has 1 heterocycles. The van der Waals surface area contributed by atoms with Crippen molar-refractivity contribution in [2.45, 2.75) is 50.7 Å². The molecule has 0 aromatic heterocycles. The van der Waals surface area contributed by atoms with E-state index in [0.29, 0.717) is 31.8 Å². The van der Waals surface area contributed by atoms with Crippen molar-refractivity contribution in [1.29, 1.82) is 0 Å². The van der Waals surface area contributed by atoms with Crippen LogP contribution in [0.4, 0.5) is 14.5 Å². The average molecular weight is 521 g/mol. The van der Waals surface area contributed by atoms with Crippen LogP contribution in [0.25, 0.3) is 0 Å². The molecule has 1 aliphatic heterocycles. The summed E-state index contributed by atoms with van der Waals surface area (Å²) in [4.78, 5) is 17.4. The molecular formula is C31H34F2N2O3. The molecule has 0 radical (unpaired) electrons. The Hall–Kier alpha value is -3.61. The first kappa shape index (κ1) is 26.0. The number of rotatable bonds is 8. The van der Waals surface area contributed by atoms with E-state index in [0.717, 1.165) is 29.8 Å². The van der Waals surface area contributed by atoms with Crippen molar-refractivity contribution >= 4 is 11.6 Å². The van der Waals surface area contributed by atoms with E-state index in [2.05, 4.69) is 4.90 Å². The summed E-state index contributed by atoms with van der Waals surface area (Å²) in [5.41, 5.74) is 1.93. The Labute approximate surface area is 223 Å². The predicted molar refractivity (Wildman–Crippen MR) is 144 cm³/mol. The molecule has 1 amide bonds. The molecule has 1 saturated carbocycles. The van der Waals surface area contributed by atoms with Crippen LogP contribution < -0.4 is 14.4 Å². The molecule has 3 aromatic rings. The highest BCUT2D eigenvalue weighted by Gasteiger charge is 2.32. The van der Waals surface area contributed by atoms with Gasteiger partial charge in [0.15, 0.2) is 11.5 Å². The number of ether oxygens (including phenoxy) is 2. The number of benzene rings is 3. The Bertz CT molecular complexity index is 1230. The van der Waals surface area contributed by atoms with Crippen LogP contribution in [0.3, 0.4) is 0 Å². The Morgan fingerprint density at radius 2 is 1.66 bits per heavy atom. The molecule has 1 atom stereocenters. The second-order valence-corrected chi connectivity index (χ2v) is 10.1. The summed E-state index contributed by atoms with van der Waals surface area (Å²) in [7, 11) is 1.65. The third kappa shape index (κ3) is 5.93. The van der Waals surface area contributed by atoms with E-state index in [9.17, 15) is 13.6 Å². The van der Waals surface area contributed by atoms with E-state index in [4.69, 9.17) is 9.47 Å². The molecule has 1 saturated heterocycles. The number of amides is 1. The number of piperazine rings is 1. The number of carbonyl (C=O) groups is 1.